The van der Waals surface area contributed by atoms with Crippen molar-refractivity contribution in [2.75, 3.05) is 27.2 Å². The van der Waals surface area contributed by atoms with E-state index in [0.717, 1.165) is 25.9 Å². The van der Waals surface area contributed by atoms with Crippen LogP contribution in [0.1, 0.15) is 46.5 Å². The largest absolute Gasteiger partial charge is 0.354 e. The van der Waals surface area contributed by atoms with Crippen LogP contribution in [-0.2, 0) is 0 Å². The molecule has 0 saturated carbocycles. The van der Waals surface area contributed by atoms with Crippen molar-refractivity contribution < 1.29 is 9.59 Å². The second-order valence-corrected chi connectivity index (χ2v) is 6.41. The molecule has 23 heavy (non-hydrogen) atoms. The highest BCUT2D eigenvalue weighted by Gasteiger charge is 2.38. The van der Waals surface area contributed by atoms with Gasteiger partial charge in [0.15, 0.2) is 0 Å². The van der Waals surface area contributed by atoms with E-state index >= 15 is 0 Å². The number of likely N-dealkylation sites (tertiary alicyclic amines) is 2. The van der Waals surface area contributed by atoms with Gasteiger partial charge in [-0.1, -0.05) is 0 Å². The second kappa shape index (κ2) is 6.66. The first-order chi connectivity index (χ1) is 11.1. The van der Waals surface area contributed by atoms with E-state index in [1.807, 2.05) is 4.90 Å². The summed E-state index contributed by atoms with van der Waals surface area (Å²) in [7, 11) is 3.72. The highest BCUT2D eigenvalue weighted by atomic mass is 16.2. The molecule has 0 unspecified atom stereocenters. The zero-order valence-corrected chi connectivity index (χ0v) is 13.8. The number of nitrogens with zero attached hydrogens (tertiary/aromatic N) is 3. The summed E-state index contributed by atoms with van der Waals surface area (Å²) >= 11 is 0. The topological polar surface area (TPSA) is 65.5 Å². The van der Waals surface area contributed by atoms with Crippen LogP contribution in [-0.4, -0.2) is 65.9 Å². The molecule has 2 fully saturated rings. The molecule has 2 amide bonds. The van der Waals surface area contributed by atoms with Gasteiger partial charge >= 0.3 is 0 Å². The molecule has 1 aromatic rings. The van der Waals surface area contributed by atoms with Crippen LogP contribution in [0.2, 0.25) is 0 Å². The summed E-state index contributed by atoms with van der Waals surface area (Å²) in [6, 6.07) is 4.08. The molecule has 6 nitrogen and oxygen atoms in total. The first-order valence-corrected chi connectivity index (χ1v) is 8.31. The number of hydrogen-bond donors (Lipinski definition) is 1. The summed E-state index contributed by atoms with van der Waals surface area (Å²) in [6.45, 7) is 1.93. The summed E-state index contributed by atoms with van der Waals surface area (Å²) < 4.78 is 0. The van der Waals surface area contributed by atoms with Crippen molar-refractivity contribution in [2.45, 2.75) is 37.8 Å². The van der Waals surface area contributed by atoms with E-state index in [9.17, 15) is 9.59 Å². The van der Waals surface area contributed by atoms with Gasteiger partial charge in [0.1, 0.15) is 5.69 Å². The van der Waals surface area contributed by atoms with Crippen LogP contribution >= 0.6 is 0 Å². The molecule has 0 aromatic carbocycles. The van der Waals surface area contributed by atoms with Crippen molar-refractivity contribution in [1.82, 2.24) is 20.1 Å². The Balaban J connectivity index is 1.75. The Bertz CT molecular complexity index is 587. The predicted molar refractivity (Wildman–Crippen MR) is 87.3 cm³/mol. The maximum atomic E-state index is 12.8. The van der Waals surface area contributed by atoms with Crippen molar-refractivity contribution in [1.29, 1.82) is 0 Å². The normalized spacial score (nSPS) is 24.9. The molecule has 0 radical (unpaired) electrons. The highest BCUT2D eigenvalue weighted by Crippen LogP contribution is 2.30. The Morgan fingerprint density at radius 1 is 1.17 bits per heavy atom. The Morgan fingerprint density at radius 2 is 1.91 bits per heavy atom. The highest BCUT2D eigenvalue weighted by molar-refractivity contribution is 5.96. The van der Waals surface area contributed by atoms with Crippen LogP contribution in [0.25, 0.3) is 0 Å². The minimum absolute atomic E-state index is 0.0313. The van der Waals surface area contributed by atoms with Gasteiger partial charge in [0.2, 0.25) is 0 Å². The Hall–Kier alpha value is -1.95. The Morgan fingerprint density at radius 3 is 2.52 bits per heavy atom. The fourth-order valence-corrected chi connectivity index (χ4v) is 3.82. The van der Waals surface area contributed by atoms with E-state index in [0.29, 0.717) is 23.3 Å². The standard InChI is InChI=1S/C17H24N4O2/c1-18-16(22)13-8-7-12(11-19-13)17(23)21-10-4-6-15(21)14-5-3-9-20(14)2/h7-8,11,14-15H,3-6,9-10H2,1-2H3,(H,18,22)/t14-,15-/m1/s1. The molecule has 6 heteroatoms. The first-order valence-electron chi connectivity index (χ1n) is 8.31. The lowest BCUT2D eigenvalue weighted by molar-refractivity contribution is 0.0663. The van der Waals surface area contributed by atoms with Gasteiger partial charge in [-0.25, -0.2) is 0 Å². The van der Waals surface area contributed by atoms with Crippen LogP contribution in [0.15, 0.2) is 18.3 Å². The molecule has 0 bridgehead atoms. The number of likely N-dealkylation sites (N-methyl/N-ethyl adjacent to an activating group) is 1. The summed E-state index contributed by atoms with van der Waals surface area (Å²) in [4.78, 5) is 32.9. The van der Waals surface area contributed by atoms with Gasteiger partial charge in [0.05, 0.1) is 5.56 Å². The summed E-state index contributed by atoms with van der Waals surface area (Å²) in [5, 5.41) is 2.53. The molecule has 2 aliphatic rings. The molecular weight excluding hydrogens is 292 g/mol. The number of aromatic nitrogens is 1. The third kappa shape index (κ3) is 3.08. The van der Waals surface area contributed by atoms with Crippen molar-refractivity contribution in [3.8, 4) is 0 Å². The number of rotatable bonds is 3. The van der Waals surface area contributed by atoms with Gasteiger partial charge in [-0.2, -0.15) is 0 Å². The number of pyridine rings is 1. The van der Waals surface area contributed by atoms with Crippen molar-refractivity contribution >= 4 is 11.8 Å². The van der Waals surface area contributed by atoms with E-state index in [-0.39, 0.29) is 11.8 Å². The number of amides is 2. The molecule has 3 rings (SSSR count). The number of carbonyl (C=O) groups excluding carboxylic acids is 2. The molecule has 1 N–H and O–H groups in total. The minimum atomic E-state index is -0.240. The zero-order chi connectivity index (χ0) is 16.4. The second-order valence-electron chi connectivity index (χ2n) is 6.41. The van der Waals surface area contributed by atoms with E-state index in [1.54, 1.807) is 19.2 Å². The summed E-state index contributed by atoms with van der Waals surface area (Å²) in [5.41, 5.74) is 0.891. The smallest absolute Gasteiger partial charge is 0.269 e. The molecular formula is C17H24N4O2. The quantitative estimate of drug-likeness (QED) is 0.908. The fraction of sp³-hybridized carbons (Fsp3) is 0.588. The number of hydrogen-bond acceptors (Lipinski definition) is 4. The first kappa shape index (κ1) is 15.9. The lowest BCUT2D eigenvalue weighted by atomic mass is 10.0. The lowest BCUT2D eigenvalue weighted by Gasteiger charge is -2.33. The molecule has 2 aliphatic heterocycles. The maximum absolute atomic E-state index is 12.8. The third-order valence-corrected chi connectivity index (χ3v) is 5.05. The minimum Gasteiger partial charge on any atom is -0.354 e. The van der Waals surface area contributed by atoms with Crippen LogP contribution in [0, 0.1) is 0 Å². The molecule has 2 saturated heterocycles. The number of nitrogens with one attached hydrogen (secondary N) is 1. The number of carbonyl (C=O) groups is 2. The predicted octanol–water partition coefficient (Wildman–Crippen LogP) is 1.14. The molecule has 1 aromatic heterocycles. The monoisotopic (exact) mass is 316 g/mol. The fourth-order valence-electron chi connectivity index (χ4n) is 3.82. The lowest BCUT2D eigenvalue weighted by Crippen LogP contribution is -2.47. The van der Waals surface area contributed by atoms with Gasteiger partial charge < -0.3 is 15.1 Å². The Kier molecular flexibility index (Phi) is 4.61. The van der Waals surface area contributed by atoms with E-state index in [4.69, 9.17) is 0 Å². The van der Waals surface area contributed by atoms with Crippen molar-refractivity contribution in [2.24, 2.45) is 0 Å². The van der Waals surface area contributed by atoms with Gasteiger partial charge in [0, 0.05) is 31.9 Å². The SMILES string of the molecule is CNC(=O)c1ccc(C(=O)N2CCC[C@@H]2[C@H]2CCCN2C)cn1. The van der Waals surface area contributed by atoms with E-state index in [1.165, 1.54) is 19.0 Å². The van der Waals surface area contributed by atoms with E-state index in [2.05, 4.69) is 22.2 Å². The van der Waals surface area contributed by atoms with Crippen LogP contribution in [0.3, 0.4) is 0 Å². The zero-order valence-electron chi connectivity index (χ0n) is 13.8. The molecule has 0 aliphatic carbocycles. The van der Waals surface area contributed by atoms with E-state index < -0.39 is 0 Å². The Labute approximate surface area is 136 Å². The van der Waals surface area contributed by atoms with Crippen LogP contribution < -0.4 is 5.32 Å². The average Bonchev–Trinajstić information content (AvgIpc) is 3.21. The molecule has 2 atom stereocenters. The average molecular weight is 316 g/mol. The summed E-state index contributed by atoms with van der Waals surface area (Å²) in [5.74, 6) is -0.209. The molecule has 124 valence electrons. The van der Waals surface area contributed by atoms with Crippen LogP contribution in [0.4, 0.5) is 0 Å². The maximum Gasteiger partial charge on any atom is 0.269 e. The molecule has 0 spiro atoms. The van der Waals surface area contributed by atoms with Crippen LogP contribution in [0.5, 0.6) is 0 Å². The van der Waals surface area contributed by atoms with Gasteiger partial charge in [-0.15, -0.1) is 0 Å². The van der Waals surface area contributed by atoms with Gasteiger partial charge in [-0.05, 0) is 51.4 Å². The van der Waals surface area contributed by atoms with Gasteiger partial charge in [0.25, 0.3) is 11.8 Å². The van der Waals surface area contributed by atoms with Crippen molar-refractivity contribution in [3.05, 3.63) is 29.6 Å². The van der Waals surface area contributed by atoms with Gasteiger partial charge in [-0.3, -0.25) is 14.6 Å². The molecule has 3 heterocycles. The summed E-state index contributed by atoms with van der Waals surface area (Å²) in [6.07, 6.45) is 6.02. The van der Waals surface area contributed by atoms with Crippen molar-refractivity contribution in [3.63, 3.8) is 0 Å². The third-order valence-electron chi connectivity index (χ3n) is 5.05.